The maximum Gasteiger partial charge on any atom is 0.137 e. The minimum Gasteiger partial charge on any atom is -0.492 e. The maximum absolute atomic E-state index is 5.64. The number of pyridine rings is 1. The van der Waals surface area contributed by atoms with Gasteiger partial charge < -0.3 is 10.1 Å². The zero-order chi connectivity index (χ0) is 13.4. The first-order chi connectivity index (χ1) is 8.72. The van der Waals surface area contributed by atoms with Gasteiger partial charge in [0.05, 0.1) is 12.8 Å². The first-order valence-electron chi connectivity index (χ1n) is 6.97. The Morgan fingerprint density at radius 3 is 2.67 bits per heavy atom. The number of hydrogen-bond donors (Lipinski definition) is 1. The first-order valence-corrected chi connectivity index (χ1v) is 6.97. The number of hydrogen-bond acceptors (Lipinski definition) is 3. The number of ether oxygens (including phenoxy) is 1. The lowest BCUT2D eigenvalue weighted by molar-refractivity contribution is 0.314. The van der Waals surface area contributed by atoms with E-state index in [0.29, 0.717) is 12.0 Å². The highest BCUT2D eigenvalue weighted by Crippen LogP contribution is 2.26. The molecule has 1 N–H and O–H groups in total. The summed E-state index contributed by atoms with van der Waals surface area (Å²) < 4.78 is 5.64. The van der Waals surface area contributed by atoms with Crippen LogP contribution in [0.25, 0.3) is 0 Å². The van der Waals surface area contributed by atoms with Gasteiger partial charge in [0, 0.05) is 12.2 Å². The van der Waals surface area contributed by atoms with Crippen LogP contribution in [0.3, 0.4) is 0 Å². The summed E-state index contributed by atoms with van der Waals surface area (Å²) in [5.41, 5.74) is 1.21. The fraction of sp³-hybridized carbons (Fsp3) is 0.667. The van der Waals surface area contributed by atoms with Crippen molar-refractivity contribution in [3.8, 4) is 5.75 Å². The molecule has 0 saturated carbocycles. The summed E-state index contributed by atoms with van der Waals surface area (Å²) in [7, 11) is 2.01. The first kappa shape index (κ1) is 15.0. The van der Waals surface area contributed by atoms with E-state index in [1.807, 2.05) is 13.2 Å². The van der Waals surface area contributed by atoms with Gasteiger partial charge in [0.1, 0.15) is 5.75 Å². The highest BCUT2D eigenvalue weighted by atomic mass is 16.5. The molecule has 0 spiro atoms. The van der Waals surface area contributed by atoms with Crippen molar-refractivity contribution >= 4 is 0 Å². The molecule has 0 saturated heterocycles. The SMILES string of the molecule is CCCOc1cncc(C(NC)C(C)CCC)c1. The zero-order valence-corrected chi connectivity index (χ0v) is 12.1. The summed E-state index contributed by atoms with van der Waals surface area (Å²) in [6, 6.07) is 2.46. The van der Waals surface area contributed by atoms with Gasteiger partial charge in [0.15, 0.2) is 0 Å². The second-order valence-corrected chi connectivity index (χ2v) is 4.83. The number of aromatic nitrogens is 1. The zero-order valence-electron chi connectivity index (χ0n) is 12.1. The third-order valence-electron chi connectivity index (χ3n) is 3.19. The van der Waals surface area contributed by atoms with Crippen LogP contribution in [0, 0.1) is 5.92 Å². The lowest BCUT2D eigenvalue weighted by Gasteiger charge is -2.23. The molecule has 0 fully saturated rings. The maximum atomic E-state index is 5.64. The van der Waals surface area contributed by atoms with Gasteiger partial charge in [0.2, 0.25) is 0 Å². The fourth-order valence-electron chi connectivity index (χ4n) is 2.31. The van der Waals surface area contributed by atoms with Crippen LogP contribution in [0.15, 0.2) is 18.5 Å². The van der Waals surface area contributed by atoms with Gasteiger partial charge in [-0.25, -0.2) is 0 Å². The van der Waals surface area contributed by atoms with Gasteiger partial charge in [-0.3, -0.25) is 4.98 Å². The van der Waals surface area contributed by atoms with Crippen LogP contribution in [-0.2, 0) is 0 Å². The second-order valence-electron chi connectivity index (χ2n) is 4.83. The van der Waals surface area contributed by atoms with E-state index in [9.17, 15) is 0 Å². The van der Waals surface area contributed by atoms with Crippen LogP contribution < -0.4 is 10.1 Å². The molecule has 18 heavy (non-hydrogen) atoms. The Balaban J connectivity index is 2.78. The van der Waals surface area contributed by atoms with Crippen LogP contribution in [0.1, 0.15) is 51.6 Å². The van der Waals surface area contributed by atoms with Gasteiger partial charge in [0.25, 0.3) is 0 Å². The molecule has 1 heterocycles. The van der Waals surface area contributed by atoms with Gasteiger partial charge in [-0.05, 0) is 37.4 Å². The second kappa shape index (κ2) is 8.09. The Labute approximate surface area is 111 Å². The van der Waals surface area contributed by atoms with Crippen LogP contribution in [0.2, 0.25) is 0 Å². The average molecular weight is 250 g/mol. The van der Waals surface area contributed by atoms with E-state index in [4.69, 9.17) is 4.74 Å². The number of nitrogens with one attached hydrogen (secondary N) is 1. The Kier molecular flexibility index (Phi) is 6.73. The molecule has 1 aromatic rings. The smallest absolute Gasteiger partial charge is 0.137 e. The van der Waals surface area contributed by atoms with Crippen molar-refractivity contribution in [2.45, 2.75) is 46.1 Å². The molecule has 0 aliphatic heterocycles. The summed E-state index contributed by atoms with van der Waals surface area (Å²) in [6.07, 6.45) is 7.17. The number of rotatable bonds is 8. The molecule has 0 aromatic carbocycles. The minimum atomic E-state index is 0.350. The Morgan fingerprint density at radius 1 is 1.28 bits per heavy atom. The summed E-state index contributed by atoms with van der Waals surface area (Å²) >= 11 is 0. The van der Waals surface area contributed by atoms with Gasteiger partial charge in [-0.15, -0.1) is 0 Å². The summed E-state index contributed by atoms with van der Waals surface area (Å²) in [5, 5.41) is 3.39. The molecule has 0 aliphatic carbocycles. The highest BCUT2D eigenvalue weighted by molar-refractivity contribution is 5.26. The molecular formula is C15H26N2O. The molecule has 1 rings (SSSR count). The normalized spacial score (nSPS) is 14.2. The molecule has 3 heteroatoms. The van der Waals surface area contributed by atoms with Crippen molar-refractivity contribution in [1.82, 2.24) is 10.3 Å². The minimum absolute atomic E-state index is 0.350. The Bertz CT molecular complexity index is 341. The Hall–Kier alpha value is -1.09. The van der Waals surface area contributed by atoms with Crippen LogP contribution in [-0.4, -0.2) is 18.6 Å². The van der Waals surface area contributed by atoms with Crippen molar-refractivity contribution in [2.75, 3.05) is 13.7 Å². The fourth-order valence-corrected chi connectivity index (χ4v) is 2.31. The van der Waals surface area contributed by atoms with Gasteiger partial charge in [-0.1, -0.05) is 27.2 Å². The van der Waals surface area contributed by atoms with Crippen molar-refractivity contribution < 1.29 is 4.74 Å². The lowest BCUT2D eigenvalue weighted by Crippen LogP contribution is -2.23. The predicted octanol–water partition coefficient (Wildman–Crippen LogP) is 3.57. The van der Waals surface area contributed by atoms with Crippen molar-refractivity contribution in [2.24, 2.45) is 5.92 Å². The molecule has 3 nitrogen and oxygen atoms in total. The predicted molar refractivity (Wildman–Crippen MR) is 75.9 cm³/mol. The molecule has 2 atom stereocenters. The molecule has 0 bridgehead atoms. The van der Waals surface area contributed by atoms with Crippen LogP contribution >= 0.6 is 0 Å². The van der Waals surface area contributed by atoms with E-state index in [1.54, 1.807) is 6.20 Å². The molecular weight excluding hydrogens is 224 g/mol. The van der Waals surface area contributed by atoms with E-state index >= 15 is 0 Å². The lowest BCUT2D eigenvalue weighted by atomic mass is 9.92. The summed E-state index contributed by atoms with van der Waals surface area (Å²) in [4.78, 5) is 4.28. The molecule has 102 valence electrons. The van der Waals surface area contributed by atoms with Crippen LogP contribution in [0.4, 0.5) is 0 Å². The quantitative estimate of drug-likeness (QED) is 0.766. The van der Waals surface area contributed by atoms with Gasteiger partial charge in [-0.2, -0.15) is 0 Å². The summed E-state index contributed by atoms with van der Waals surface area (Å²) in [5.74, 6) is 1.47. The van der Waals surface area contributed by atoms with E-state index in [2.05, 4.69) is 37.1 Å². The monoisotopic (exact) mass is 250 g/mol. The summed E-state index contributed by atoms with van der Waals surface area (Å²) in [6.45, 7) is 7.36. The van der Waals surface area contributed by atoms with Crippen molar-refractivity contribution in [3.05, 3.63) is 24.0 Å². The average Bonchev–Trinajstić information content (AvgIpc) is 2.38. The van der Waals surface area contributed by atoms with Gasteiger partial charge >= 0.3 is 0 Å². The van der Waals surface area contributed by atoms with Crippen LogP contribution in [0.5, 0.6) is 5.75 Å². The number of nitrogens with zero attached hydrogens (tertiary/aromatic N) is 1. The molecule has 0 aliphatic rings. The topological polar surface area (TPSA) is 34.1 Å². The highest BCUT2D eigenvalue weighted by Gasteiger charge is 2.17. The van der Waals surface area contributed by atoms with E-state index in [-0.39, 0.29) is 0 Å². The molecule has 0 amide bonds. The van der Waals surface area contributed by atoms with E-state index in [1.165, 1.54) is 18.4 Å². The van der Waals surface area contributed by atoms with Crippen molar-refractivity contribution in [3.63, 3.8) is 0 Å². The third kappa shape index (κ3) is 4.30. The van der Waals surface area contributed by atoms with E-state index < -0.39 is 0 Å². The molecule has 2 unspecified atom stereocenters. The molecule has 1 aromatic heterocycles. The standard InChI is InChI=1S/C15H26N2O/c1-5-7-12(3)15(16-4)13-9-14(11-17-10-13)18-8-6-2/h9-12,15-16H,5-8H2,1-4H3. The van der Waals surface area contributed by atoms with Crippen molar-refractivity contribution in [1.29, 1.82) is 0 Å². The molecule has 0 radical (unpaired) electrons. The van der Waals surface area contributed by atoms with E-state index in [0.717, 1.165) is 18.8 Å². The largest absolute Gasteiger partial charge is 0.492 e. The third-order valence-corrected chi connectivity index (χ3v) is 3.19. The Morgan fingerprint density at radius 2 is 2.06 bits per heavy atom.